The van der Waals surface area contributed by atoms with Gasteiger partial charge in [-0.1, -0.05) is 13.3 Å². The smallest absolute Gasteiger partial charge is 0.336 e. The molecule has 0 amide bonds. The third kappa shape index (κ3) is 3.50. The fourth-order valence-corrected chi connectivity index (χ4v) is 2.69. The molecule has 68 valence electrons. The Kier molecular flexibility index (Phi) is 3.95. The number of hydrogen-bond acceptors (Lipinski definition) is 2. The number of rotatable bonds is 4. The van der Waals surface area contributed by atoms with Gasteiger partial charge in [-0.2, -0.15) is 0 Å². The van der Waals surface area contributed by atoms with Crippen LogP contribution in [0.4, 0.5) is 0 Å². The molecule has 0 saturated carbocycles. The van der Waals surface area contributed by atoms with Crippen LogP contribution in [-0.4, -0.2) is 20.8 Å². The van der Waals surface area contributed by atoms with Gasteiger partial charge in [0, 0.05) is 6.16 Å². The Bertz CT molecular complexity index is 207. The van der Waals surface area contributed by atoms with Crippen molar-refractivity contribution in [1.29, 1.82) is 0 Å². The van der Waals surface area contributed by atoms with Gasteiger partial charge >= 0.3 is 14.3 Å². The van der Waals surface area contributed by atoms with E-state index >= 15 is 0 Å². The predicted octanol–water partition coefficient (Wildman–Crippen LogP) is 1.15. The fourth-order valence-electron chi connectivity index (χ4n) is 0.494. The van der Waals surface area contributed by atoms with Crippen molar-refractivity contribution >= 4 is 14.3 Å². The van der Waals surface area contributed by atoms with E-state index in [1.165, 1.54) is 0 Å². The topological polar surface area (TPSA) is 94.8 Å². The first-order chi connectivity index (χ1) is 4.81. The molecule has 0 bridgehead atoms. The molecule has 0 aliphatic heterocycles. The maximum Gasteiger partial charge on any atom is 0.407 e. The normalized spacial score (nSPS) is 17.8. The van der Waals surface area contributed by atoms with E-state index in [2.05, 4.69) is 0 Å². The Morgan fingerprint density at radius 1 is 1.18 bits per heavy atom. The summed E-state index contributed by atoms with van der Waals surface area (Å²) in [5.41, 5.74) is 0. The van der Waals surface area contributed by atoms with Crippen LogP contribution in [0.15, 0.2) is 0 Å². The second-order valence-corrected chi connectivity index (χ2v) is 8.50. The summed E-state index contributed by atoms with van der Waals surface area (Å²) in [6, 6.07) is 0. The van der Waals surface area contributed by atoms with Crippen molar-refractivity contribution in [2.75, 3.05) is 6.16 Å². The van der Waals surface area contributed by atoms with E-state index in [0.29, 0.717) is 12.8 Å². The first-order valence-corrected chi connectivity index (χ1v) is 7.35. The molecule has 1 atom stereocenters. The maximum absolute atomic E-state index is 10.8. The van der Waals surface area contributed by atoms with Crippen LogP contribution in [0.25, 0.3) is 0 Å². The van der Waals surface area contributed by atoms with Crippen LogP contribution in [0.3, 0.4) is 0 Å². The zero-order valence-corrected chi connectivity index (χ0v) is 7.96. The average Bonchev–Trinajstić information content (AvgIpc) is 1.81. The quantitative estimate of drug-likeness (QED) is 0.594. The monoisotopic (exact) mass is 202 g/mol. The van der Waals surface area contributed by atoms with Crippen LogP contribution in [-0.2, 0) is 9.13 Å². The lowest BCUT2D eigenvalue weighted by Gasteiger charge is -2.11. The molecule has 0 aliphatic carbocycles. The first kappa shape index (κ1) is 11.3. The Hall–Kier alpha value is 0.340. The van der Waals surface area contributed by atoms with Gasteiger partial charge in [0.15, 0.2) is 0 Å². The number of hydrogen-bond donors (Lipinski definition) is 3. The van der Waals surface area contributed by atoms with E-state index < -0.39 is 14.3 Å². The van der Waals surface area contributed by atoms with Gasteiger partial charge in [0.1, 0.15) is 0 Å². The van der Waals surface area contributed by atoms with Crippen LogP contribution in [0.1, 0.15) is 19.8 Å². The van der Waals surface area contributed by atoms with Crippen molar-refractivity contribution in [1.82, 2.24) is 0 Å². The lowest BCUT2D eigenvalue weighted by atomic mass is 10.4. The fraction of sp³-hybridized carbons (Fsp3) is 1.00. The highest BCUT2D eigenvalue weighted by Crippen LogP contribution is 2.74. The van der Waals surface area contributed by atoms with Crippen LogP contribution < -0.4 is 0 Å². The standard InChI is InChI=1S/C4H12O5P2/c1-2-3-4-10(5,6)11(7,8)9/h2-4H2,1H3,(H,5,6)(H2,7,8,9). The Balaban J connectivity index is 4.25. The summed E-state index contributed by atoms with van der Waals surface area (Å²) in [7, 11) is -9.01. The van der Waals surface area contributed by atoms with Crippen molar-refractivity contribution in [2.45, 2.75) is 19.8 Å². The average molecular weight is 202 g/mol. The Morgan fingerprint density at radius 2 is 1.64 bits per heavy atom. The summed E-state index contributed by atoms with van der Waals surface area (Å²) in [5, 5.41) is 0. The van der Waals surface area contributed by atoms with Gasteiger partial charge in [0.25, 0.3) is 0 Å². The molecule has 0 rings (SSSR count). The van der Waals surface area contributed by atoms with Gasteiger partial charge in [0.2, 0.25) is 0 Å². The lowest BCUT2D eigenvalue weighted by Crippen LogP contribution is -1.89. The Morgan fingerprint density at radius 3 is 1.91 bits per heavy atom. The molecule has 3 N–H and O–H groups in total. The van der Waals surface area contributed by atoms with Crippen molar-refractivity contribution in [3.05, 3.63) is 0 Å². The molecular formula is C4H12O5P2. The van der Waals surface area contributed by atoms with E-state index in [0.717, 1.165) is 0 Å². The van der Waals surface area contributed by atoms with Gasteiger partial charge in [0.05, 0.1) is 0 Å². The SMILES string of the molecule is CCCCP(=O)(O)P(=O)(O)O. The van der Waals surface area contributed by atoms with E-state index in [4.69, 9.17) is 14.7 Å². The summed E-state index contributed by atoms with van der Waals surface area (Å²) in [6.45, 7) is 1.78. The molecule has 5 nitrogen and oxygen atoms in total. The van der Waals surface area contributed by atoms with Crippen molar-refractivity contribution < 1.29 is 23.8 Å². The highest BCUT2D eigenvalue weighted by molar-refractivity contribution is 8.28. The molecule has 11 heavy (non-hydrogen) atoms. The minimum Gasteiger partial charge on any atom is -0.336 e. The summed E-state index contributed by atoms with van der Waals surface area (Å²) >= 11 is 0. The molecule has 0 spiro atoms. The summed E-state index contributed by atoms with van der Waals surface area (Å²) in [4.78, 5) is 25.5. The summed E-state index contributed by atoms with van der Waals surface area (Å²) in [5.74, 6) is 0. The van der Waals surface area contributed by atoms with Crippen molar-refractivity contribution in [3.8, 4) is 0 Å². The lowest BCUT2D eigenvalue weighted by molar-refractivity contribution is 0.376. The largest absolute Gasteiger partial charge is 0.407 e. The molecule has 0 heterocycles. The third-order valence-electron chi connectivity index (χ3n) is 1.21. The molecule has 0 radical (unpaired) electrons. The minimum absolute atomic E-state index is 0.298. The highest BCUT2D eigenvalue weighted by atomic mass is 32.1. The minimum atomic E-state index is -4.79. The van der Waals surface area contributed by atoms with Gasteiger partial charge in [-0.15, -0.1) is 0 Å². The van der Waals surface area contributed by atoms with Crippen LogP contribution >= 0.6 is 14.3 Å². The third-order valence-corrected chi connectivity index (χ3v) is 5.97. The van der Waals surface area contributed by atoms with Gasteiger partial charge in [-0.25, -0.2) is 4.57 Å². The summed E-state index contributed by atoms with van der Waals surface area (Å²) in [6.07, 6.45) is 0.706. The molecule has 0 aromatic rings. The highest BCUT2D eigenvalue weighted by Gasteiger charge is 2.38. The van der Waals surface area contributed by atoms with Crippen LogP contribution in [0.5, 0.6) is 0 Å². The molecule has 0 saturated heterocycles. The summed E-state index contributed by atoms with van der Waals surface area (Å²) < 4.78 is 21.1. The second kappa shape index (κ2) is 3.83. The second-order valence-electron chi connectivity index (χ2n) is 2.26. The van der Waals surface area contributed by atoms with Gasteiger partial charge in [-0.05, 0) is 6.42 Å². The molecule has 0 aromatic carbocycles. The van der Waals surface area contributed by atoms with Crippen molar-refractivity contribution in [2.24, 2.45) is 0 Å². The van der Waals surface area contributed by atoms with Gasteiger partial charge in [-0.3, -0.25) is 4.57 Å². The van der Waals surface area contributed by atoms with Gasteiger partial charge < -0.3 is 14.7 Å². The predicted molar refractivity (Wildman–Crippen MR) is 41.6 cm³/mol. The first-order valence-electron chi connectivity index (χ1n) is 3.19. The van der Waals surface area contributed by atoms with E-state index in [1.807, 2.05) is 0 Å². The van der Waals surface area contributed by atoms with E-state index in [9.17, 15) is 9.13 Å². The molecule has 0 aliphatic rings. The molecule has 0 aromatic heterocycles. The van der Waals surface area contributed by atoms with Crippen LogP contribution in [0, 0.1) is 0 Å². The molecule has 0 fully saturated rings. The van der Waals surface area contributed by atoms with Crippen molar-refractivity contribution in [3.63, 3.8) is 0 Å². The molecule has 1 unspecified atom stereocenters. The zero-order chi connectivity index (χ0) is 9.12. The molecular weight excluding hydrogens is 190 g/mol. The van der Waals surface area contributed by atoms with E-state index in [1.54, 1.807) is 6.92 Å². The zero-order valence-electron chi connectivity index (χ0n) is 6.17. The number of unbranched alkanes of at least 4 members (excludes halogenated alkanes) is 1. The molecule has 7 heteroatoms. The van der Waals surface area contributed by atoms with Crippen LogP contribution in [0.2, 0.25) is 0 Å². The van der Waals surface area contributed by atoms with E-state index in [-0.39, 0.29) is 6.16 Å². The Labute approximate surface area is 65.0 Å². The maximum atomic E-state index is 10.8.